The first-order valence-electron chi connectivity index (χ1n) is 7.61. The van der Waals surface area contributed by atoms with E-state index >= 15 is 0 Å². The number of ketones is 1. The third kappa shape index (κ3) is 3.14. The molecule has 0 bridgehead atoms. The average Bonchev–Trinajstić information content (AvgIpc) is 2.90. The van der Waals surface area contributed by atoms with Crippen molar-refractivity contribution < 1.29 is 19.8 Å². The van der Waals surface area contributed by atoms with Gasteiger partial charge in [0.2, 0.25) is 0 Å². The van der Waals surface area contributed by atoms with E-state index in [1.54, 1.807) is 37.3 Å². The number of carboxylic acid groups (broad SMARTS) is 1. The van der Waals surface area contributed by atoms with Crippen LogP contribution in [-0.4, -0.2) is 32.7 Å². The highest BCUT2D eigenvalue weighted by atomic mass is 16.4. The van der Waals surface area contributed by atoms with Gasteiger partial charge in [-0.2, -0.15) is 0 Å². The molecular formula is C19H16N2O4. The number of hydrogen-bond acceptors (Lipinski definition) is 4. The lowest BCUT2D eigenvalue weighted by molar-refractivity contribution is 0.0696. The van der Waals surface area contributed by atoms with Crippen LogP contribution in [0.3, 0.4) is 0 Å². The fourth-order valence-corrected chi connectivity index (χ4v) is 2.69. The van der Waals surface area contributed by atoms with E-state index in [0.717, 1.165) is 0 Å². The molecule has 0 fully saturated rings. The summed E-state index contributed by atoms with van der Waals surface area (Å²) in [5.74, 6) is -1.09. The first-order valence-corrected chi connectivity index (χ1v) is 7.61. The van der Waals surface area contributed by atoms with Gasteiger partial charge < -0.3 is 15.2 Å². The third-order valence-corrected chi connectivity index (χ3v) is 3.96. The molecule has 0 saturated carbocycles. The number of aromatic hydroxyl groups is 1. The molecule has 0 aliphatic heterocycles. The van der Waals surface area contributed by atoms with Crippen LogP contribution in [0.15, 0.2) is 47.5 Å². The van der Waals surface area contributed by atoms with E-state index in [1.165, 1.54) is 19.1 Å². The maximum Gasteiger partial charge on any atom is 0.335 e. The zero-order valence-electron chi connectivity index (χ0n) is 13.7. The fourth-order valence-electron chi connectivity index (χ4n) is 2.69. The summed E-state index contributed by atoms with van der Waals surface area (Å²) in [6.45, 7) is 3.23. The maximum atomic E-state index is 11.6. The normalized spacial score (nSPS) is 11.7. The summed E-state index contributed by atoms with van der Waals surface area (Å²) in [5.41, 5.74) is 3.06. The summed E-state index contributed by atoms with van der Waals surface area (Å²) in [6.07, 6.45) is 0. The number of carbonyl (C=O) groups is 2. The molecule has 1 heterocycles. The number of hydrogen-bond donors (Lipinski definition) is 3. The molecule has 0 spiro atoms. The van der Waals surface area contributed by atoms with Crippen molar-refractivity contribution in [2.45, 2.75) is 13.8 Å². The molecule has 6 heteroatoms. The Balaban J connectivity index is 2.07. The zero-order chi connectivity index (χ0) is 18.1. The molecular weight excluding hydrogens is 320 g/mol. The predicted molar refractivity (Wildman–Crippen MR) is 95.2 cm³/mol. The Kier molecular flexibility index (Phi) is 4.10. The maximum absolute atomic E-state index is 11.6. The van der Waals surface area contributed by atoms with E-state index in [0.29, 0.717) is 33.4 Å². The number of fused-ring (bicyclic) bond motifs is 1. The van der Waals surface area contributed by atoms with E-state index < -0.39 is 5.97 Å². The molecule has 3 rings (SSSR count). The molecule has 126 valence electrons. The molecule has 0 unspecified atom stereocenters. The first-order chi connectivity index (χ1) is 11.9. The minimum Gasteiger partial charge on any atom is -0.494 e. The van der Waals surface area contributed by atoms with E-state index in [4.69, 9.17) is 5.11 Å². The van der Waals surface area contributed by atoms with Crippen LogP contribution in [0.5, 0.6) is 5.88 Å². The molecule has 0 atom stereocenters. The van der Waals surface area contributed by atoms with Crippen molar-refractivity contribution in [1.82, 2.24) is 4.98 Å². The fraction of sp³-hybridized carbons (Fsp3) is 0.105. The second kappa shape index (κ2) is 6.24. The van der Waals surface area contributed by atoms with Crippen LogP contribution in [0.1, 0.15) is 40.1 Å². The highest BCUT2D eigenvalue weighted by Crippen LogP contribution is 2.30. The van der Waals surface area contributed by atoms with Gasteiger partial charge in [-0.25, -0.2) is 4.79 Å². The number of Topliss-reactive ketones (excluding diaryl/α,β-unsaturated/α-hetero) is 1. The lowest BCUT2D eigenvalue weighted by atomic mass is 10.0. The number of aromatic carboxylic acids is 1. The van der Waals surface area contributed by atoms with E-state index in [9.17, 15) is 14.7 Å². The van der Waals surface area contributed by atoms with Crippen molar-refractivity contribution >= 4 is 34.1 Å². The average molecular weight is 336 g/mol. The second-order valence-corrected chi connectivity index (χ2v) is 5.71. The van der Waals surface area contributed by atoms with Crippen LogP contribution < -0.4 is 0 Å². The lowest BCUT2D eigenvalue weighted by Crippen LogP contribution is -1.96. The Morgan fingerprint density at radius 2 is 1.64 bits per heavy atom. The summed E-state index contributed by atoms with van der Waals surface area (Å²) in [6, 6.07) is 11.3. The van der Waals surface area contributed by atoms with Gasteiger partial charge in [-0.15, -0.1) is 0 Å². The van der Waals surface area contributed by atoms with Gasteiger partial charge in [-0.3, -0.25) is 9.79 Å². The van der Waals surface area contributed by atoms with E-state index in [1.807, 2.05) is 0 Å². The van der Waals surface area contributed by atoms with Gasteiger partial charge in [-0.05, 0) is 56.3 Å². The number of H-pyrrole nitrogens is 1. The molecule has 1 aromatic heterocycles. The molecule has 0 aliphatic rings. The minimum absolute atomic E-state index is 0.0286. The standard InChI is InChI=1S/C19H16N2O4/c1-10(20-14-6-3-12(4-7-14)19(24)25)17-15-9-13(11(2)22)5-8-16(15)21-18(17)23/h3-9,21,23H,1-2H3,(H,24,25). The number of nitrogens with one attached hydrogen (secondary N) is 1. The predicted octanol–water partition coefficient (Wildman–Crippen LogP) is 3.92. The highest BCUT2D eigenvalue weighted by Gasteiger charge is 2.15. The molecule has 25 heavy (non-hydrogen) atoms. The Labute approximate surface area is 143 Å². The van der Waals surface area contributed by atoms with Gasteiger partial charge in [-0.1, -0.05) is 0 Å². The Morgan fingerprint density at radius 1 is 1.00 bits per heavy atom. The van der Waals surface area contributed by atoms with Crippen molar-refractivity contribution in [1.29, 1.82) is 0 Å². The highest BCUT2D eigenvalue weighted by molar-refractivity contribution is 6.14. The molecule has 3 N–H and O–H groups in total. The molecule has 0 saturated heterocycles. The van der Waals surface area contributed by atoms with E-state index in [-0.39, 0.29) is 17.2 Å². The van der Waals surface area contributed by atoms with Crippen LogP contribution in [0.4, 0.5) is 5.69 Å². The van der Waals surface area contributed by atoms with Crippen molar-refractivity contribution in [3.8, 4) is 5.88 Å². The number of rotatable bonds is 4. The largest absolute Gasteiger partial charge is 0.494 e. The molecule has 0 amide bonds. The van der Waals surface area contributed by atoms with Crippen molar-refractivity contribution in [2.24, 2.45) is 4.99 Å². The number of carboxylic acids is 1. The molecule has 0 radical (unpaired) electrons. The Bertz CT molecular complexity index is 1010. The topological polar surface area (TPSA) is 103 Å². The van der Waals surface area contributed by atoms with Crippen LogP contribution >= 0.6 is 0 Å². The summed E-state index contributed by atoms with van der Waals surface area (Å²) in [5, 5.41) is 19.9. The third-order valence-electron chi connectivity index (χ3n) is 3.96. The zero-order valence-corrected chi connectivity index (χ0v) is 13.7. The molecule has 6 nitrogen and oxygen atoms in total. The number of carbonyl (C=O) groups excluding carboxylic acids is 1. The van der Waals surface area contributed by atoms with Crippen LogP contribution in [0, 0.1) is 0 Å². The summed E-state index contributed by atoms with van der Waals surface area (Å²) in [4.78, 5) is 29.8. The van der Waals surface area contributed by atoms with Gasteiger partial charge >= 0.3 is 5.97 Å². The molecule has 3 aromatic rings. The van der Waals surface area contributed by atoms with Crippen molar-refractivity contribution in [3.63, 3.8) is 0 Å². The van der Waals surface area contributed by atoms with Gasteiger partial charge in [0.25, 0.3) is 0 Å². The molecule has 2 aromatic carbocycles. The quantitative estimate of drug-likeness (QED) is 0.496. The van der Waals surface area contributed by atoms with Gasteiger partial charge in [0.1, 0.15) is 0 Å². The van der Waals surface area contributed by atoms with Gasteiger partial charge in [0, 0.05) is 16.5 Å². The number of aromatic nitrogens is 1. The lowest BCUT2D eigenvalue weighted by Gasteiger charge is -2.03. The molecule has 0 aliphatic carbocycles. The Hall–Kier alpha value is -3.41. The van der Waals surface area contributed by atoms with E-state index in [2.05, 4.69) is 9.98 Å². The van der Waals surface area contributed by atoms with Gasteiger partial charge in [0.15, 0.2) is 11.7 Å². The Morgan fingerprint density at radius 3 is 2.24 bits per heavy atom. The number of aliphatic imine (C=N–C) groups is 1. The van der Waals surface area contributed by atoms with Crippen LogP contribution in [0.25, 0.3) is 10.9 Å². The number of aromatic amines is 1. The number of benzene rings is 2. The van der Waals surface area contributed by atoms with Crippen LogP contribution in [0.2, 0.25) is 0 Å². The minimum atomic E-state index is -1.00. The summed E-state index contributed by atoms with van der Waals surface area (Å²) in [7, 11) is 0. The monoisotopic (exact) mass is 336 g/mol. The van der Waals surface area contributed by atoms with Crippen molar-refractivity contribution in [2.75, 3.05) is 0 Å². The SMILES string of the molecule is CC(=O)c1ccc2[nH]c(O)c(C(C)=Nc3ccc(C(=O)O)cc3)c2c1. The summed E-state index contributed by atoms with van der Waals surface area (Å²) >= 11 is 0. The van der Waals surface area contributed by atoms with Crippen LogP contribution in [-0.2, 0) is 0 Å². The van der Waals surface area contributed by atoms with Gasteiger partial charge in [0.05, 0.1) is 22.5 Å². The smallest absolute Gasteiger partial charge is 0.335 e. The summed E-state index contributed by atoms with van der Waals surface area (Å²) < 4.78 is 0. The first kappa shape index (κ1) is 16.4. The number of nitrogens with zero attached hydrogens (tertiary/aromatic N) is 1. The second-order valence-electron chi connectivity index (χ2n) is 5.71. The van der Waals surface area contributed by atoms with Crippen molar-refractivity contribution in [3.05, 3.63) is 59.2 Å².